The summed E-state index contributed by atoms with van der Waals surface area (Å²) in [7, 11) is 1.93. The highest BCUT2D eigenvalue weighted by atomic mass is 19.3. The first-order chi connectivity index (χ1) is 6.06. The van der Waals surface area contributed by atoms with Crippen molar-refractivity contribution < 1.29 is 8.78 Å². The number of rotatable bonds is 0. The molecule has 1 N–H and O–H groups in total. The molecular formula is C9H16F2N2. The first-order valence-electron chi connectivity index (χ1n) is 4.83. The molecule has 0 aromatic rings. The SMILES string of the molecule is CN1CCCC2(CNCC2(F)F)C1. The fourth-order valence-electron chi connectivity index (χ4n) is 2.58. The maximum absolute atomic E-state index is 13.6. The number of piperidine rings is 1. The molecule has 2 rings (SSSR count). The van der Waals surface area contributed by atoms with Gasteiger partial charge in [0, 0.05) is 13.1 Å². The quantitative estimate of drug-likeness (QED) is 0.611. The molecule has 0 aromatic heterocycles. The van der Waals surface area contributed by atoms with E-state index in [4.69, 9.17) is 0 Å². The summed E-state index contributed by atoms with van der Waals surface area (Å²) in [5, 5.41) is 2.82. The minimum Gasteiger partial charge on any atom is -0.310 e. The van der Waals surface area contributed by atoms with E-state index in [9.17, 15) is 8.78 Å². The molecule has 0 bridgehead atoms. The maximum atomic E-state index is 13.6. The Bertz CT molecular complexity index is 208. The first-order valence-corrected chi connectivity index (χ1v) is 4.83. The van der Waals surface area contributed by atoms with Gasteiger partial charge in [0.1, 0.15) is 0 Å². The highest BCUT2D eigenvalue weighted by molar-refractivity contribution is 5.04. The topological polar surface area (TPSA) is 15.3 Å². The van der Waals surface area contributed by atoms with Gasteiger partial charge in [-0.05, 0) is 26.4 Å². The summed E-state index contributed by atoms with van der Waals surface area (Å²) in [5.74, 6) is -2.51. The molecule has 1 spiro atoms. The molecule has 0 amide bonds. The van der Waals surface area contributed by atoms with E-state index in [0.717, 1.165) is 13.0 Å². The van der Waals surface area contributed by atoms with E-state index in [1.54, 1.807) is 0 Å². The predicted octanol–water partition coefficient (Wildman–Crippen LogP) is 0.937. The van der Waals surface area contributed by atoms with Gasteiger partial charge >= 0.3 is 0 Å². The third-order valence-corrected chi connectivity index (χ3v) is 3.35. The normalized spacial score (nSPS) is 39.9. The van der Waals surface area contributed by atoms with Crippen molar-refractivity contribution in [3.63, 3.8) is 0 Å². The molecule has 13 heavy (non-hydrogen) atoms. The van der Waals surface area contributed by atoms with Crippen LogP contribution in [0.4, 0.5) is 8.78 Å². The molecule has 1 unspecified atom stereocenters. The average Bonchev–Trinajstić information content (AvgIpc) is 2.27. The molecule has 4 heteroatoms. The maximum Gasteiger partial charge on any atom is 0.268 e. The Morgan fingerprint density at radius 3 is 2.62 bits per heavy atom. The lowest BCUT2D eigenvalue weighted by atomic mass is 9.77. The highest BCUT2D eigenvalue weighted by Crippen LogP contribution is 2.45. The lowest BCUT2D eigenvalue weighted by Crippen LogP contribution is -2.51. The molecule has 2 aliphatic rings. The fraction of sp³-hybridized carbons (Fsp3) is 1.00. The standard InChI is InChI=1S/C9H16F2N2/c1-13-4-2-3-8(7-13)5-12-6-9(8,10)11/h12H,2-7H2,1H3. The number of alkyl halides is 2. The number of nitrogens with one attached hydrogen (secondary N) is 1. The molecule has 2 heterocycles. The smallest absolute Gasteiger partial charge is 0.268 e. The van der Waals surface area contributed by atoms with Crippen LogP contribution in [-0.4, -0.2) is 44.0 Å². The average molecular weight is 190 g/mol. The molecule has 0 radical (unpaired) electrons. The van der Waals surface area contributed by atoms with Crippen LogP contribution in [0.25, 0.3) is 0 Å². The minimum absolute atomic E-state index is 0.138. The third-order valence-electron chi connectivity index (χ3n) is 3.35. The number of halogens is 2. The van der Waals surface area contributed by atoms with Crippen LogP contribution in [0, 0.1) is 5.41 Å². The highest BCUT2D eigenvalue weighted by Gasteiger charge is 2.57. The van der Waals surface area contributed by atoms with Crippen molar-refractivity contribution >= 4 is 0 Å². The van der Waals surface area contributed by atoms with E-state index in [-0.39, 0.29) is 6.54 Å². The second kappa shape index (κ2) is 2.89. The van der Waals surface area contributed by atoms with Crippen molar-refractivity contribution in [3.05, 3.63) is 0 Å². The van der Waals surface area contributed by atoms with Crippen LogP contribution in [0.2, 0.25) is 0 Å². The van der Waals surface area contributed by atoms with Crippen LogP contribution in [0.15, 0.2) is 0 Å². The van der Waals surface area contributed by atoms with Crippen LogP contribution in [0.5, 0.6) is 0 Å². The Labute approximate surface area is 77.3 Å². The Morgan fingerprint density at radius 1 is 1.31 bits per heavy atom. The summed E-state index contributed by atoms with van der Waals surface area (Å²) in [6, 6.07) is 0. The molecule has 2 aliphatic heterocycles. The van der Waals surface area contributed by atoms with Crippen LogP contribution in [-0.2, 0) is 0 Å². The van der Waals surface area contributed by atoms with Gasteiger partial charge in [-0.25, -0.2) is 8.78 Å². The predicted molar refractivity (Wildman–Crippen MR) is 47.0 cm³/mol. The fourth-order valence-corrected chi connectivity index (χ4v) is 2.58. The summed E-state index contributed by atoms with van der Waals surface area (Å²) in [6.45, 7) is 1.83. The summed E-state index contributed by atoms with van der Waals surface area (Å²) in [6.07, 6.45) is 1.56. The van der Waals surface area contributed by atoms with Gasteiger partial charge in [0.05, 0.1) is 12.0 Å². The van der Waals surface area contributed by atoms with E-state index in [2.05, 4.69) is 5.32 Å². The first kappa shape index (κ1) is 9.34. The zero-order chi connectivity index (χ0) is 9.53. The number of likely N-dealkylation sites (tertiary alicyclic amines) is 1. The summed E-state index contributed by atoms with van der Waals surface area (Å²) < 4.78 is 27.1. The van der Waals surface area contributed by atoms with Crippen molar-refractivity contribution in [2.75, 3.05) is 33.2 Å². The Balaban J connectivity index is 2.18. The Hall–Kier alpha value is -0.220. The van der Waals surface area contributed by atoms with Crippen LogP contribution in [0.1, 0.15) is 12.8 Å². The van der Waals surface area contributed by atoms with E-state index in [1.807, 2.05) is 11.9 Å². The van der Waals surface area contributed by atoms with Gasteiger partial charge in [-0.15, -0.1) is 0 Å². The molecule has 2 nitrogen and oxygen atoms in total. The second-order valence-electron chi connectivity index (χ2n) is 4.43. The van der Waals surface area contributed by atoms with Gasteiger partial charge in [0.25, 0.3) is 5.92 Å². The summed E-state index contributed by atoms with van der Waals surface area (Å²) in [5.41, 5.74) is -0.778. The monoisotopic (exact) mass is 190 g/mol. The van der Waals surface area contributed by atoms with E-state index >= 15 is 0 Å². The minimum atomic E-state index is -2.51. The second-order valence-corrected chi connectivity index (χ2v) is 4.43. The van der Waals surface area contributed by atoms with Crippen molar-refractivity contribution in [2.45, 2.75) is 18.8 Å². The summed E-state index contributed by atoms with van der Waals surface area (Å²) >= 11 is 0. The van der Waals surface area contributed by atoms with E-state index < -0.39 is 11.3 Å². The molecular weight excluding hydrogens is 174 g/mol. The van der Waals surface area contributed by atoms with Crippen molar-refractivity contribution in [3.8, 4) is 0 Å². The van der Waals surface area contributed by atoms with Gasteiger partial charge in [0.2, 0.25) is 0 Å². The van der Waals surface area contributed by atoms with Crippen LogP contribution < -0.4 is 5.32 Å². The molecule has 76 valence electrons. The molecule has 2 saturated heterocycles. The lowest BCUT2D eigenvalue weighted by Gasteiger charge is -2.41. The molecule has 0 aliphatic carbocycles. The van der Waals surface area contributed by atoms with Crippen molar-refractivity contribution in [2.24, 2.45) is 5.41 Å². The van der Waals surface area contributed by atoms with Gasteiger partial charge in [-0.1, -0.05) is 0 Å². The molecule has 0 aromatic carbocycles. The van der Waals surface area contributed by atoms with Crippen molar-refractivity contribution in [1.29, 1.82) is 0 Å². The third kappa shape index (κ3) is 1.36. The van der Waals surface area contributed by atoms with Gasteiger partial charge in [-0.2, -0.15) is 0 Å². The molecule has 2 fully saturated rings. The zero-order valence-corrected chi connectivity index (χ0v) is 7.95. The zero-order valence-electron chi connectivity index (χ0n) is 7.95. The van der Waals surface area contributed by atoms with Gasteiger partial charge in [-0.3, -0.25) is 0 Å². The van der Waals surface area contributed by atoms with Crippen LogP contribution in [0.3, 0.4) is 0 Å². The number of nitrogens with zero attached hydrogens (tertiary/aromatic N) is 1. The molecule has 0 saturated carbocycles. The van der Waals surface area contributed by atoms with Gasteiger partial charge < -0.3 is 10.2 Å². The number of hydrogen-bond acceptors (Lipinski definition) is 2. The van der Waals surface area contributed by atoms with E-state index in [1.165, 1.54) is 0 Å². The van der Waals surface area contributed by atoms with Gasteiger partial charge in [0.15, 0.2) is 0 Å². The summed E-state index contributed by atoms with van der Waals surface area (Å²) in [4.78, 5) is 2.02. The van der Waals surface area contributed by atoms with Crippen LogP contribution >= 0.6 is 0 Å². The van der Waals surface area contributed by atoms with E-state index in [0.29, 0.717) is 19.5 Å². The number of hydrogen-bond donors (Lipinski definition) is 1. The molecule has 1 atom stereocenters. The lowest BCUT2D eigenvalue weighted by molar-refractivity contribution is -0.110. The van der Waals surface area contributed by atoms with Crippen molar-refractivity contribution in [1.82, 2.24) is 10.2 Å². The largest absolute Gasteiger partial charge is 0.310 e. The Kier molecular flexibility index (Phi) is 2.07. The Morgan fingerprint density at radius 2 is 2.08 bits per heavy atom.